The third kappa shape index (κ3) is 10.1. The van der Waals surface area contributed by atoms with E-state index in [1.165, 1.54) is 51.2 Å². The molecule has 1 aliphatic heterocycles. The normalized spacial score (nSPS) is 17.3. The molecule has 5 N–H and O–H groups in total. The monoisotopic (exact) mass is 807 g/mol. The molecule has 4 aromatic rings. The summed E-state index contributed by atoms with van der Waals surface area (Å²) in [6.07, 6.45) is 3.70. The molecule has 1 fully saturated rings. The van der Waals surface area contributed by atoms with E-state index in [0.717, 1.165) is 0 Å². The number of carbonyl (C=O) groups is 3. The van der Waals surface area contributed by atoms with Crippen LogP contribution in [0.5, 0.6) is 0 Å². The maximum atomic E-state index is 14.0. The number of nitriles is 1. The lowest BCUT2D eigenvalue weighted by atomic mass is 10.1. The van der Waals surface area contributed by atoms with Crippen LogP contribution in [0, 0.1) is 18.3 Å². The van der Waals surface area contributed by atoms with Crippen LogP contribution < -0.4 is 32.3 Å². The van der Waals surface area contributed by atoms with Crippen LogP contribution in [0.4, 0.5) is 17.1 Å². The van der Waals surface area contributed by atoms with Crippen LogP contribution in [0.25, 0.3) is 10.4 Å². The first-order valence-corrected chi connectivity index (χ1v) is 19.0. The first-order chi connectivity index (χ1) is 27.0. The van der Waals surface area contributed by atoms with Gasteiger partial charge in [-0.05, 0) is 44.5 Å². The Morgan fingerprint density at radius 2 is 1.56 bits per heavy atom. The van der Waals surface area contributed by atoms with Crippen molar-refractivity contribution in [1.29, 1.82) is 5.26 Å². The molecule has 0 spiro atoms. The van der Waals surface area contributed by atoms with E-state index in [1.807, 2.05) is 6.07 Å². The fourth-order valence-electron chi connectivity index (χ4n) is 6.00. The number of nitrogens with zero attached hydrogens (tertiary/aromatic N) is 8. The van der Waals surface area contributed by atoms with Gasteiger partial charge in [-0.2, -0.15) is 5.26 Å². The summed E-state index contributed by atoms with van der Waals surface area (Å²) in [7, 11) is 0.677. The third-order valence-electron chi connectivity index (χ3n) is 8.64. The summed E-state index contributed by atoms with van der Waals surface area (Å²) in [6.45, 7) is 4.61. The molecule has 0 radical (unpaired) electrons. The Balaban J connectivity index is 1.24. The van der Waals surface area contributed by atoms with E-state index in [1.54, 1.807) is 52.0 Å². The van der Waals surface area contributed by atoms with Gasteiger partial charge in [-0.15, -0.1) is 0 Å². The van der Waals surface area contributed by atoms with Crippen molar-refractivity contribution in [3.63, 3.8) is 0 Å². The summed E-state index contributed by atoms with van der Waals surface area (Å²) in [5.74, 6) is -1.46. The number of rotatable bonds is 16. The maximum Gasteiger partial charge on any atom is 0.433 e. The summed E-state index contributed by atoms with van der Waals surface area (Å²) >= 11 is 0. The second-order valence-electron chi connectivity index (χ2n) is 13.4. The Morgan fingerprint density at radius 1 is 1.00 bits per heavy atom. The molecule has 1 saturated heterocycles. The molecule has 0 saturated carbocycles. The van der Waals surface area contributed by atoms with E-state index in [9.17, 15) is 34.1 Å². The summed E-state index contributed by atoms with van der Waals surface area (Å²) in [5, 5.41) is 23.3. The van der Waals surface area contributed by atoms with Gasteiger partial charge in [0.1, 0.15) is 23.3 Å². The smallest absolute Gasteiger partial charge is 0.352 e. The Hall–Kier alpha value is -6.36. The first-order valence-electron chi connectivity index (χ1n) is 17.5. The van der Waals surface area contributed by atoms with E-state index in [2.05, 4.69) is 36.0 Å². The van der Waals surface area contributed by atoms with Gasteiger partial charge in [0.25, 0.3) is 23.3 Å². The SMILES string of the molecule is Cc1cn(C2C[C@H](N=[N+]=[N-])[C@@H](COP(=O)(Nc3cc(C(=O)Nc4cc(C(=O)Nc5cc(C(=O)NCCC#N)n(C)c5)n(C)c4)n(C)c3)OC(C)C)O2)c(=O)[nH]c1=O. The second kappa shape index (κ2) is 17.6. The van der Waals surface area contributed by atoms with Crippen LogP contribution >= 0.6 is 7.75 Å². The minimum absolute atomic E-state index is 0.0661. The predicted molar refractivity (Wildman–Crippen MR) is 206 cm³/mol. The topological polar surface area (TPSA) is 286 Å². The van der Waals surface area contributed by atoms with E-state index in [4.69, 9.17) is 19.0 Å². The third-order valence-corrected chi connectivity index (χ3v) is 10.4. The van der Waals surface area contributed by atoms with E-state index in [-0.39, 0.29) is 54.3 Å². The molecule has 57 heavy (non-hydrogen) atoms. The van der Waals surface area contributed by atoms with Gasteiger partial charge in [-0.25, -0.2) is 9.36 Å². The highest BCUT2D eigenvalue weighted by atomic mass is 31.2. The Labute approximate surface area is 324 Å². The zero-order valence-electron chi connectivity index (χ0n) is 31.9. The molecule has 5 rings (SSSR count). The molecule has 4 aromatic heterocycles. The number of hydrogen-bond acceptors (Lipinski definition) is 11. The van der Waals surface area contributed by atoms with Crippen molar-refractivity contribution in [2.24, 2.45) is 26.3 Å². The average molecular weight is 808 g/mol. The molecule has 4 atom stereocenters. The zero-order valence-corrected chi connectivity index (χ0v) is 32.8. The van der Waals surface area contributed by atoms with Crippen molar-refractivity contribution in [3.05, 3.63) is 96.9 Å². The van der Waals surface area contributed by atoms with Crippen LogP contribution in [0.1, 0.15) is 69.9 Å². The van der Waals surface area contributed by atoms with Crippen LogP contribution in [0.2, 0.25) is 0 Å². The standard InChI is InChI=1S/C34H42N13O9P/c1-19(2)56-57(53,54-18-28-24(41-43-36)13-29(55-28)47-14-20(3)30(48)40-34(47)52)42-23-12-27(46(6)17-23)33(51)39-22-11-26(45(5)16-22)32(50)38-21-10-25(44(4)15-21)31(49)37-9-7-8-35/h10-12,14-17,19,24,28-29H,7,9,13,18H2,1-6H3,(H,37,49)(H,38,50)(H,39,51)(H,42,53)(H,40,48,52)/t24-,28+,29?,57?/m0/s1. The number of ether oxygens (including phenoxy) is 1. The molecular formula is C34H42N13O9P. The van der Waals surface area contributed by atoms with Gasteiger partial charge >= 0.3 is 13.4 Å². The molecule has 302 valence electrons. The minimum atomic E-state index is -4.18. The van der Waals surface area contributed by atoms with Crippen molar-refractivity contribution >= 4 is 42.5 Å². The molecule has 0 bridgehead atoms. The van der Waals surface area contributed by atoms with Crippen LogP contribution in [0.15, 0.2) is 57.7 Å². The number of aryl methyl sites for hydroxylation is 4. The van der Waals surface area contributed by atoms with Crippen molar-refractivity contribution in [3.8, 4) is 6.07 Å². The van der Waals surface area contributed by atoms with Gasteiger partial charge in [0.2, 0.25) is 0 Å². The van der Waals surface area contributed by atoms with Gasteiger partial charge in [0, 0.05) is 69.4 Å². The van der Waals surface area contributed by atoms with Crippen LogP contribution in [-0.4, -0.2) is 72.4 Å². The number of hydrogen-bond donors (Lipinski definition) is 5. The predicted octanol–water partition coefficient (Wildman–Crippen LogP) is 3.64. The molecule has 1 aliphatic rings. The Morgan fingerprint density at radius 3 is 2.12 bits per heavy atom. The number of H-pyrrole nitrogens is 1. The largest absolute Gasteiger partial charge is 0.433 e. The highest BCUT2D eigenvalue weighted by molar-refractivity contribution is 7.55. The highest BCUT2D eigenvalue weighted by Gasteiger charge is 2.39. The van der Waals surface area contributed by atoms with E-state index in [0.29, 0.717) is 11.4 Å². The molecule has 22 nitrogen and oxygen atoms in total. The van der Waals surface area contributed by atoms with Crippen molar-refractivity contribution in [1.82, 2.24) is 28.6 Å². The lowest BCUT2D eigenvalue weighted by Crippen LogP contribution is -2.33. The van der Waals surface area contributed by atoms with Crippen molar-refractivity contribution < 1.29 is 32.7 Å². The summed E-state index contributed by atoms with van der Waals surface area (Å²) in [6, 6.07) is 5.52. The molecule has 0 aromatic carbocycles. The van der Waals surface area contributed by atoms with Crippen LogP contribution in [-0.2, 0) is 39.5 Å². The van der Waals surface area contributed by atoms with E-state index < -0.39 is 61.2 Å². The first kappa shape index (κ1) is 41.8. The van der Waals surface area contributed by atoms with Gasteiger partial charge < -0.3 is 34.4 Å². The summed E-state index contributed by atoms with van der Waals surface area (Å²) in [5.41, 5.74) is 9.66. The fraction of sp³-hybridized carbons (Fsp3) is 0.412. The quantitative estimate of drug-likeness (QED) is 0.0358. The van der Waals surface area contributed by atoms with Crippen molar-refractivity contribution in [2.45, 2.75) is 58.1 Å². The van der Waals surface area contributed by atoms with Gasteiger partial charge in [-0.3, -0.25) is 42.9 Å². The number of carbonyl (C=O) groups excluding carboxylic acids is 3. The zero-order chi connectivity index (χ0) is 41.6. The maximum absolute atomic E-state index is 14.0. The second-order valence-corrected chi connectivity index (χ2v) is 15.1. The molecule has 23 heteroatoms. The summed E-state index contributed by atoms with van der Waals surface area (Å²) in [4.78, 5) is 68.5. The molecule has 0 aliphatic carbocycles. The number of aromatic nitrogens is 5. The number of azide groups is 1. The highest BCUT2D eigenvalue weighted by Crippen LogP contribution is 2.50. The lowest BCUT2D eigenvalue weighted by Gasteiger charge is -2.24. The number of anilines is 3. The summed E-state index contributed by atoms with van der Waals surface area (Å²) < 4.78 is 37.2. The van der Waals surface area contributed by atoms with E-state index >= 15 is 0 Å². The van der Waals surface area contributed by atoms with Crippen LogP contribution in [0.3, 0.4) is 0 Å². The molecular weight excluding hydrogens is 765 g/mol. The fourth-order valence-corrected chi connectivity index (χ4v) is 7.52. The van der Waals surface area contributed by atoms with Crippen molar-refractivity contribution in [2.75, 3.05) is 28.9 Å². The molecule has 5 heterocycles. The number of nitrogens with one attached hydrogen (secondary N) is 5. The number of amides is 3. The molecule has 2 unspecified atom stereocenters. The lowest BCUT2D eigenvalue weighted by molar-refractivity contribution is -0.0253. The van der Waals surface area contributed by atoms with Gasteiger partial charge in [-0.1, -0.05) is 5.11 Å². The van der Waals surface area contributed by atoms with Gasteiger partial charge in [0.15, 0.2) is 0 Å². The van der Waals surface area contributed by atoms with Gasteiger partial charge in [0.05, 0.1) is 54.4 Å². The Bertz CT molecular complexity index is 2430. The Kier molecular flexibility index (Phi) is 12.9. The number of aromatic amines is 1. The minimum Gasteiger partial charge on any atom is -0.352 e. The average Bonchev–Trinajstić information content (AvgIpc) is 3.90. The molecule has 3 amide bonds.